The first kappa shape index (κ1) is 29.7. The van der Waals surface area contributed by atoms with Crippen LogP contribution in [-0.2, 0) is 25.7 Å². The number of likely N-dealkylation sites (tertiary alicyclic amines) is 1. The molecule has 3 N–H and O–H groups in total. The van der Waals surface area contributed by atoms with Gasteiger partial charge in [-0.25, -0.2) is 0 Å². The topological polar surface area (TPSA) is 108 Å². The van der Waals surface area contributed by atoms with E-state index in [0.717, 1.165) is 29.8 Å². The van der Waals surface area contributed by atoms with Crippen LogP contribution in [0.5, 0.6) is 0 Å². The van der Waals surface area contributed by atoms with Crippen molar-refractivity contribution in [3.8, 4) is 0 Å². The third-order valence-electron chi connectivity index (χ3n) is 9.09. The number of amides is 1. The molecular weight excluding hydrogens is 520 g/mol. The molecule has 2 heterocycles. The van der Waals surface area contributed by atoms with Crippen LogP contribution in [0.1, 0.15) is 88.9 Å². The standard InChI is InChI=1S/C33H44N2O6/c1-21-27(17-35-20-33(4)16-26(35)15-32(2,3)19-33)40-31(41-30(21)23-7-5-22(18-36)6-8-23)24-9-11-25(12-10-24)34-28(37)13-14-29(38)39/h5-12,21,26-27,30-31,36H,13-20H2,1-4H3,(H,34,37)(H,38,39)/t21-,26?,27+,30+,31+,33?/m0/s1. The normalized spacial score (nSPS) is 31.1. The van der Waals surface area contributed by atoms with Crippen LogP contribution in [0, 0.1) is 16.7 Å². The van der Waals surface area contributed by atoms with Crippen LogP contribution in [0.3, 0.4) is 0 Å². The van der Waals surface area contributed by atoms with Crippen molar-refractivity contribution in [1.82, 2.24) is 4.90 Å². The van der Waals surface area contributed by atoms with Gasteiger partial charge in [0, 0.05) is 42.7 Å². The number of rotatable bonds is 9. The lowest BCUT2D eigenvalue weighted by Crippen LogP contribution is -2.46. The summed E-state index contributed by atoms with van der Waals surface area (Å²) in [5.41, 5.74) is 4.06. The number of carboxylic acid groups (broad SMARTS) is 1. The van der Waals surface area contributed by atoms with Crippen molar-refractivity contribution < 1.29 is 29.3 Å². The van der Waals surface area contributed by atoms with E-state index < -0.39 is 12.3 Å². The van der Waals surface area contributed by atoms with Crippen molar-refractivity contribution in [2.24, 2.45) is 16.7 Å². The second-order valence-corrected chi connectivity index (χ2v) is 13.5. The number of aliphatic carboxylic acids is 1. The molecule has 1 amide bonds. The van der Waals surface area contributed by atoms with Crippen LogP contribution < -0.4 is 5.32 Å². The average molecular weight is 565 g/mol. The summed E-state index contributed by atoms with van der Waals surface area (Å²) < 4.78 is 13.3. The molecule has 2 unspecified atom stereocenters. The van der Waals surface area contributed by atoms with Crippen LogP contribution in [-0.4, -0.2) is 52.2 Å². The minimum atomic E-state index is -0.998. The fourth-order valence-electron chi connectivity index (χ4n) is 7.52. The molecule has 1 aliphatic carbocycles. The van der Waals surface area contributed by atoms with E-state index in [1.165, 1.54) is 19.3 Å². The second-order valence-electron chi connectivity index (χ2n) is 13.5. The number of nitrogens with zero attached hydrogens (tertiary/aromatic N) is 1. The Hall–Kier alpha value is -2.78. The number of fused-ring (bicyclic) bond motifs is 2. The number of carboxylic acids is 1. The van der Waals surface area contributed by atoms with Crippen LogP contribution in [0.15, 0.2) is 48.5 Å². The molecule has 5 rings (SSSR count). The summed E-state index contributed by atoms with van der Waals surface area (Å²) in [6.07, 6.45) is 2.61. The fraction of sp³-hybridized carbons (Fsp3) is 0.576. The van der Waals surface area contributed by atoms with Gasteiger partial charge in [-0.1, -0.05) is 64.1 Å². The number of anilines is 1. The van der Waals surface area contributed by atoms with Gasteiger partial charge in [0.15, 0.2) is 6.29 Å². The van der Waals surface area contributed by atoms with Crippen LogP contribution in [0.4, 0.5) is 5.69 Å². The number of aliphatic hydroxyl groups excluding tert-OH is 1. The van der Waals surface area contributed by atoms with E-state index in [-0.39, 0.29) is 43.5 Å². The molecule has 41 heavy (non-hydrogen) atoms. The number of hydrogen-bond donors (Lipinski definition) is 3. The molecule has 2 aromatic carbocycles. The molecule has 0 spiro atoms. The Balaban J connectivity index is 1.35. The molecule has 2 bridgehead atoms. The molecule has 1 saturated carbocycles. The largest absolute Gasteiger partial charge is 0.481 e. The number of aliphatic hydroxyl groups is 1. The smallest absolute Gasteiger partial charge is 0.303 e. The predicted molar refractivity (Wildman–Crippen MR) is 156 cm³/mol. The highest BCUT2D eigenvalue weighted by molar-refractivity contribution is 5.92. The van der Waals surface area contributed by atoms with Gasteiger partial charge in [-0.3, -0.25) is 14.5 Å². The number of nitrogens with one attached hydrogen (secondary N) is 1. The minimum absolute atomic E-state index is 0.000375. The molecule has 3 fully saturated rings. The number of carbonyl (C=O) groups excluding carboxylic acids is 1. The zero-order valence-corrected chi connectivity index (χ0v) is 24.6. The predicted octanol–water partition coefficient (Wildman–Crippen LogP) is 5.67. The lowest BCUT2D eigenvalue weighted by molar-refractivity contribution is -0.276. The zero-order valence-electron chi connectivity index (χ0n) is 24.6. The van der Waals surface area contributed by atoms with Gasteiger partial charge in [0.2, 0.25) is 5.91 Å². The van der Waals surface area contributed by atoms with E-state index in [9.17, 15) is 14.7 Å². The van der Waals surface area contributed by atoms with E-state index >= 15 is 0 Å². The molecular formula is C33H44N2O6. The van der Waals surface area contributed by atoms with Crippen molar-refractivity contribution in [2.75, 3.05) is 18.4 Å². The van der Waals surface area contributed by atoms with Gasteiger partial charge < -0.3 is 25.0 Å². The Kier molecular flexibility index (Phi) is 8.58. The SMILES string of the molecule is C[C@H]1[C@@H](CN2CC3(C)CC2CC(C)(C)C3)O[C@@H](c2ccc(NC(=O)CCC(=O)O)cc2)O[C@H]1c1ccc(CO)cc1. The van der Waals surface area contributed by atoms with E-state index in [4.69, 9.17) is 14.6 Å². The Morgan fingerprint density at radius 2 is 1.66 bits per heavy atom. The second kappa shape index (κ2) is 11.8. The number of benzene rings is 2. The van der Waals surface area contributed by atoms with E-state index in [2.05, 4.69) is 37.9 Å². The monoisotopic (exact) mass is 564 g/mol. The molecule has 2 saturated heterocycles. The van der Waals surface area contributed by atoms with Gasteiger partial charge in [-0.05, 0) is 53.4 Å². The van der Waals surface area contributed by atoms with E-state index in [0.29, 0.717) is 22.6 Å². The highest BCUT2D eigenvalue weighted by Gasteiger charge is 2.51. The van der Waals surface area contributed by atoms with Crippen molar-refractivity contribution in [3.05, 3.63) is 65.2 Å². The maximum Gasteiger partial charge on any atom is 0.303 e. The lowest BCUT2D eigenvalue weighted by Gasteiger charge is -2.43. The summed E-state index contributed by atoms with van der Waals surface area (Å²) >= 11 is 0. The van der Waals surface area contributed by atoms with Gasteiger partial charge in [0.25, 0.3) is 0 Å². The van der Waals surface area contributed by atoms with Gasteiger partial charge in [0.05, 0.1) is 25.2 Å². The summed E-state index contributed by atoms with van der Waals surface area (Å²) in [7, 11) is 0. The van der Waals surface area contributed by atoms with Gasteiger partial charge >= 0.3 is 5.97 Å². The quantitative estimate of drug-likeness (QED) is 0.360. The Labute approximate surface area is 243 Å². The summed E-state index contributed by atoms with van der Waals surface area (Å²) in [6, 6.07) is 15.9. The maximum absolute atomic E-state index is 12.1. The summed E-state index contributed by atoms with van der Waals surface area (Å²) in [5.74, 6) is -1.22. The minimum Gasteiger partial charge on any atom is -0.481 e. The maximum atomic E-state index is 12.1. The molecule has 2 aromatic rings. The molecule has 8 heteroatoms. The molecule has 8 nitrogen and oxygen atoms in total. The Bertz CT molecular complexity index is 1230. The van der Waals surface area contributed by atoms with E-state index in [1.807, 2.05) is 36.4 Å². The summed E-state index contributed by atoms with van der Waals surface area (Å²) in [6.45, 7) is 11.4. The molecule has 3 aliphatic rings. The first-order valence-corrected chi connectivity index (χ1v) is 14.8. The molecule has 0 aromatic heterocycles. The van der Waals surface area contributed by atoms with Crippen LogP contribution in [0.2, 0.25) is 0 Å². The van der Waals surface area contributed by atoms with E-state index in [1.54, 1.807) is 12.1 Å². The van der Waals surface area contributed by atoms with Gasteiger partial charge in [-0.2, -0.15) is 0 Å². The Morgan fingerprint density at radius 1 is 0.976 bits per heavy atom. The average Bonchev–Trinajstić information content (AvgIpc) is 3.16. The van der Waals surface area contributed by atoms with Crippen molar-refractivity contribution in [1.29, 1.82) is 0 Å². The summed E-state index contributed by atoms with van der Waals surface area (Å²) in [5, 5.41) is 21.1. The number of hydrogen-bond acceptors (Lipinski definition) is 6. The van der Waals surface area contributed by atoms with Crippen molar-refractivity contribution >= 4 is 17.6 Å². The molecule has 2 aliphatic heterocycles. The number of ether oxygens (including phenoxy) is 2. The third-order valence-corrected chi connectivity index (χ3v) is 9.09. The van der Waals surface area contributed by atoms with Gasteiger partial charge in [0.1, 0.15) is 0 Å². The van der Waals surface area contributed by atoms with Crippen LogP contribution in [0.25, 0.3) is 0 Å². The van der Waals surface area contributed by atoms with Crippen molar-refractivity contribution in [2.45, 2.75) is 90.9 Å². The first-order valence-electron chi connectivity index (χ1n) is 14.8. The highest BCUT2D eigenvalue weighted by atomic mass is 16.7. The molecule has 0 radical (unpaired) electrons. The van der Waals surface area contributed by atoms with Gasteiger partial charge in [-0.15, -0.1) is 0 Å². The lowest BCUT2D eigenvalue weighted by atomic mass is 9.65. The summed E-state index contributed by atoms with van der Waals surface area (Å²) in [4.78, 5) is 25.5. The number of carbonyl (C=O) groups is 2. The molecule has 6 atom stereocenters. The zero-order chi connectivity index (χ0) is 29.4. The third kappa shape index (κ3) is 7.00. The molecule has 222 valence electrons. The van der Waals surface area contributed by atoms with Crippen molar-refractivity contribution in [3.63, 3.8) is 0 Å². The highest BCUT2D eigenvalue weighted by Crippen LogP contribution is 2.53. The first-order chi connectivity index (χ1) is 19.4. The van der Waals surface area contributed by atoms with Crippen LogP contribution >= 0.6 is 0 Å². The fourth-order valence-corrected chi connectivity index (χ4v) is 7.52. The Morgan fingerprint density at radius 3 is 2.32 bits per heavy atom.